The maximum Gasteiger partial charge on any atom is 0.145 e. The summed E-state index contributed by atoms with van der Waals surface area (Å²) < 4.78 is 10.3. The lowest BCUT2D eigenvalue weighted by Gasteiger charge is -2.21. The van der Waals surface area contributed by atoms with E-state index in [1.807, 2.05) is 25.1 Å². The molecule has 19 heavy (non-hydrogen) atoms. The first-order valence-corrected chi connectivity index (χ1v) is 6.46. The minimum atomic E-state index is -0.372. The SMILES string of the molecule is Cc1nonc1COc1ccc2c(c1)[C@H](O)CCC2. The summed E-state index contributed by atoms with van der Waals surface area (Å²) in [7, 11) is 0. The number of aliphatic hydroxyl groups is 1. The highest BCUT2D eigenvalue weighted by Gasteiger charge is 2.18. The topological polar surface area (TPSA) is 68.4 Å². The molecule has 0 amide bonds. The smallest absolute Gasteiger partial charge is 0.145 e. The molecule has 0 bridgehead atoms. The summed E-state index contributed by atoms with van der Waals surface area (Å²) in [6, 6.07) is 5.88. The predicted octanol–water partition coefficient (Wildman–Crippen LogP) is 2.33. The third-order valence-electron chi connectivity index (χ3n) is 3.52. The Labute approximate surface area is 111 Å². The molecule has 1 aliphatic rings. The molecular formula is C14H16N2O3. The van der Waals surface area contributed by atoms with Crippen molar-refractivity contribution in [2.75, 3.05) is 0 Å². The van der Waals surface area contributed by atoms with Gasteiger partial charge in [-0.3, -0.25) is 0 Å². The maximum absolute atomic E-state index is 9.99. The summed E-state index contributed by atoms with van der Waals surface area (Å²) in [5.41, 5.74) is 3.63. The monoisotopic (exact) mass is 260 g/mol. The van der Waals surface area contributed by atoms with Crippen molar-refractivity contribution >= 4 is 0 Å². The number of hydrogen-bond donors (Lipinski definition) is 1. The fraction of sp³-hybridized carbons (Fsp3) is 0.429. The van der Waals surface area contributed by atoms with Gasteiger partial charge in [-0.15, -0.1) is 0 Å². The van der Waals surface area contributed by atoms with Gasteiger partial charge >= 0.3 is 0 Å². The first-order valence-electron chi connectivity index (χ1n) is 6.46. The number of aliphatic hydroxyl groups excluding tert-OH is 1. The van der Waals surface area contributed by atoms with Gasteiger partial charge < -0.3 is 9.84 Å². The van der Waals surface area contributed by atoms with Gasteiger partial charge in [-0.2, -0.15) is 0 Å². The molecule has 0 saturated heterocycles. The van der Waals surface area contributed by atoms with Crippen LogP contribution in [-0.2, 0) is 13.0 Å². The lowest BCUT2D eigenvalue weighted by atomic mass is 9.89. The van der Waals surface area contributed by atoms with Gasteiger partial charge in [-0.25, -0.2) is 4.63 Å². The van der Waals surface area contributed by atoms with Crippen LogP contribution in [0.5, 0.6) is 5.75 Å². The van der Waals surface area contributed by atoms with Crippen molar-refractivity contribution in [1.82, 2.24) is 10.3 Å². The summed E-state index contributed by atoms with van der Waals surface area (Å²) in [4.78, 5) is 0. The molecule has 0 aliphatic heterocycles. The average molecular weight is 260 g/mol. The number of nitrogens with zero attached hydrogens (tertiary/aromatic N) is 2. The molecule has 0 saturated carbocycles. The van der Waals surface area contributed by atoms with E-state index in [0.717, 1.165) is 36.3 Å². The Hall–Kier alpha value is -1.88. The van der Waals surface area contributed by atoms with Crippen LogP contribution in [0.2, 0.25) is 0 Å². The molecular weight excluding hydrogens is 244 g/mol. The van der Waals surface area contributed by atoms with E-state index < -0.39 is 0 Å². The molecule has 0 unspecified atom stereocenters. The summed E-state index contributed by atoms with van der Waals surface area (Å²) in [6.45, 7) is 2.15. The van der Waals surface area contributed by atoms with Crippen molar-refractivity contribution in [1.29, 1.82) is 0 Å². The van der Waals surface area contributed by atoms with Gasteiger partial charge in [0.1, 0.15) is 23.7 Å². The highest BCUT2D eigenvalue weighted by atomic mass is 16.6. The van der Waals surface area contributed by atoms with Gasteiger partial charge in [0.15, 0.2) is 0 Å². The molecule has 100 valence electrons. The van der Waals surface area contributed by atoms with Gasteiger partial charge in [-0.05, 0) is 49.4 Å². The fourth-order valence-electron chi connectivity index (χ4n) is 2.37. The molecule has 5 heteroatoms. The van der Waals surface area contributed by atoms with Gasteiger partial charge in [0.25, 0.3) is 0 Å². The third-order valence-corrected chi connectivity index (χ3v) is 3.52. The van der Waals surface area contributed by atoms with Crippen molar-refractivity contribution < 1.29 is 14.5 Å². The second-order valence-corrected chi connectivity index (χ2v) is 4.85. The highest BCUT2D eigenvalue weighted by Crippen LogP contribution is 2.32. The number of fused-ring (bicyclic) bond motifs is 1. The van der Waals surface area contributed by atoms with E-state index in [-0.39, 0.29) is 6.10 Å². The molecule has 3 rings (SSSR count). The largest absolute Gasteiger partial charge is 0.487 e. The van der Waals surface area contributed by atoms with Crippen LogP contribution >= 0.6 is 0 Å². The van der Waals surface area contributed by atoms with E-state index in [4.69, 9.17) is 4.74 Å². The van der Waals surface area contributed by atoms with Crippen molar-refractivity contribution in [3.63, 3.8) is 0 Å². The van der Waals surface area contributed by atoms with Gasteiger partial charge in [-0.1, -0.05) is 16.4 Å². The van der Waals surface area contributed by atoms with Crippen LogP contribution in [0, 0.1) is 6.92 Å². The zero-order valence-electron chi connectivity index (χ0n) is 10.8. The van der Waals surface area contributed by atoms with E-state index in [0.29, 0.717) is 12.3 Å². The molecule has 1 heterocycles. The number of aromatic nitrogens is 2. The third kappa shape index (κ3) is 2.46. The Balaban J connectivity index is 1.75. The van der Waals surface area contributed by atoms with Gasteiger partial charge in [0.2, 0.25) is 0 Å². The van der Waals surface area contributed by atoms with Crippen molar-refractivity contribution in [2.24, 2.45) is 0 Å². The number of hydrogen-bond acceptors (Lipinski definition) is 5. The van der Waals surface area contributed by atoms with Crippen molar-refractivity contribution in [2.45, 2.75) is 38.9 Å². The molecule has 1 aliphatic carbocycles. The van der Waals surface area contributed by atoms with E-state index in [9.17, 15) is 5.11 Å². The van der Waals surface area contributed by atoms with Crippen LogP contribution in [0.4, 0.5) is 0 Å². The van der Waals surface area contributed by atoms with Gasteiger partial charge in [0, 0.05) is 0 Å². The van der Waals surface area contributed by atoms with E-state index in [1.165, 1.54) is 5.56 Å². The molecule has 0 radical (unpaired) electrons. The number of aryl methyl sites for hydroxylation is 2. The average Bonchev–Trinajstić information content (AvgIpc) is 2.83. The van der Waals surface area contributed by atoms with Crippen LogP contribution < -0.4 is 4.74 Å². The van der Waals surface area contributed by atoms with E-state index in [1.54, 1.807) is 0 Å². The van der Waals surface area contributed by atoms with Crippen LogP contribution in [-0.4, -0.2) is 15.4 Å². The minimum Gasteiger partial charge on any atom is -0.487 e. The Morgan fingerprint density at radius 3 is 3.11 bits per heavy atom. The highest BCUT2D eigenvalue weighted by molar-refractivity contribution is 5.38. The summed E-state index contributed by atoms with van der Waals surface area (Å²) in [6.07, 6.45) is 2.52. The maximum atomic E-state index is 9.99. The minimum absolute atomic E-state index is 0.324. The quantitative estimate of drug-likeness (QED) is 0.917. The standard InChI is InChI=1S/C14H16N2O3/c1-9-13(16-19-15-9)8-18-11-6-5-10-3-2-4-14(17)12(10)7-11/h5-7,14,17H,2-4,8H2,1H3/t14-/m1/s1. The molecule has 0 fully saturated rings. The molecule has 1 atom stereocenters. The van der Waals surface area contributed by atoms with E-state index >= 15 is 0 Å². The van der Waals surface area contributed by atoms with Gasteiger partial charge in [0.05, 0.1) is 6.10 Å². The first-order chi connectivity index (χ1) is 9.24. The summed E-state index contributed by atoms with van der Waals surface area (Å²) >= 11 is 0. The normalized spacial score (nSPS) is 18.1. The first kappa shape index (κ1) is 12.2. The van der Waals surface area contributed by atoms with Crippen LogP contribution in [0.1, 0.15) is 41.5 Å². The Kier molecular flexibility index (Phi) is 3.21. The molecule has 1 N–H and O–H groups in total. The Morgan fingerprint density at radius 2 is 2.32 bits per heavy atom. The molecule has 1 aromatic heterocycles. The van der Waals surface area contributed by atoms with E-state index in [2.05, 4.69) is 14.9 Å². The Bertz CT molecular complexity index is 580. The predicted molar refractivity (Wildman–Crippen MR) is 67.7 cm³/mol. The number of ether oxygens (including phenoxy) is 1. The van der Waals surface area contributed by atoms with Crippen LogP contribution in [0.25, 0.3) is 0 Å². The summed E-state index contributed by atoms with van der Waals surface area (Å²) in [5, 5.41) is 17.5. The molecule has 0 spiro atoms. The lowest BCUT2D eigenvalue weighted by molar-refractivity contribution is 0.156. The molecule has 1 aromatic carbocycles. The Morgan fingerprint density at radius 1 is 1.42 bits per heavy atom. The second-order valence-electron chi connectivity index (χ2n) is 4.85. The zero-order valence-corrected chi connectivity index (χ0v) is 10.8. The fourth-order valence-corrected chi connectivity index (χ4v) is 2.37. The molecule has 5 nitrogen and oxygen atoms in total. The van der Waals surface area contributed by atoms with Crippen LogP contribution in [0.15, 0.2) is 22.8 Å². The zero-order chi connectivity index (χ0) is 13.2. The second kappa shape index (κ2) is 5.01. The van der Waals surface area contributed by atoms with Crippen molar-refractivity contribution in [3.05, 3.63) is 40.7 Å². The summed E-state index contributed by atoms with van der Waals surface area (Å²) in [5.74, 6) is 0.738. The lowest BCUT2D eigenvalue weighted by Crippen LogP contribution is -2.09. The molecule has 2 aromatic rings. The van der Waals surface area contributed by atoms with Crippen molar-refractivity contribution in [3.8, 4) is 5.75 Å². The number of rotatable bonds is 3. The number of benzene rings is 1. The van der Waals surface area contributed by atoms with Crippen LogP contribution in [0.3, 0.4) is 0 Å².